The smallest absolute Gasteiger partial charge is 0.238 e. The Labute approximate surface area is 143 Å². The quantitative estimate of drug-likeness (QED) is 0.769. The number of carbonyl (C=O) groups is 2. The third kappa shape index (κ3) is 1.97. The van der Waals surface area contributed by atoms with Crippen molar-refractivity contribution in [2.75, 3.05) is 4.90 Å². The molecule has 116 valence electrons. The van der Waals surface area contributed by atoms with E-state index in [0.29, 0.717) is 15.7 Å². The molecule has 2 fully saturated rings. The van der Waals surface area contributed by atoms with Gasteiger partial charge in [-0.1, -0.05) is 60.5 Å². The fourth-order valence-corrected chi connectivity index (χ4v) is 4.29. The van der Waals surface area contributed by atoms with Crippen LogP contribution in [-0.2, 0) is 15.0 Å². The van der Waals surface area contributed by atoms with E-state index in [1.165, 1.54) is 4.90 Å². The minimum Gasteiger partial charge on any atom is -0.274 e. The van der Waals surface area contributed by atoms with Crippen LogP contribution in [0.2, 0.25) is 10.0 Å². The van der Waals surface area contributed by atoms with Gasteiger partial charge in [0.15, 0.2) is 0 Å². The van der Waals surface area contributed by atoms with E-state index >= 15 is 0 Å². The number of hydrogen-bond donors (Lipinski definition) is 0. The van der Waals surface area contributed by atoms with Crippen LogP contribution in [0.25, 0.3) is 0 Å². The highest BCUT2D eigenvalue weighted by Gasteiger charge is 2.75. The van der Waals surface area contributed by atoms with E-state index in [0.717, 1.165) is 5.56 Å². The number of benzene rings is 2. The summed E-state index contributed by atoms with van der Waals surface area (Å²) in [5, 5.41) is 0.805. The first-order valence-corrected chi connectivity index (χ1v) is 8.09. The number of amides is 2. The van der Waals surface area contributed by atoms with Gasteiger partial charge in [-0.05, 0) is 23.8 Å². The Bertz CT molecular complexity index is 792. The average Bonchev–Trinajstić information content (AvgIpc) is 3.04. The van der Waals surface area contributed by atoms with Crippen molar-refractivity contribution in [3.05, 3.63) is 64.1 Å². The van der Waals surface area contributed by atoms with E-state index in [4.69, 9.17) is 23.2 Å². The normalized spacial score (nSPS) is 28.9. The molecule has 2 aromatic rings. The van der Waals surface area contributed by atoms with Crippen molar-refractivity contribution in [3.63, 3.8) is 0 Å². The number of anilines is 1. The molecule has 1 aliphatic heterocycles. The highest BCUT2D eigenvalue weighted by atomic mass is 35.5. The summed E-state index contributed by atoms with van der Waals surface area (Å²) in [6, 6.07) is 14.5. The molecule has 1 saturated heterocycles. The van der Waals surface area contributed by atoms with Crippen molar-refractivity contribution in [1.29, 1.82) is 0 Å². The van der Waals surface area contributed by atoms with Crippen molar-refractivity contribution < 1.29 is 9.59 Å². The molecule has 1 saturated carbocycles. The van der Waals surface area contributed by atoms with E-state index in [9.17, 15) is 9.59 Å². The molecule has 23 heavy (non-hydrogen) atoms. The van der Waals surface area contributed by atoms with Crippen LogP contribution in [0.1, 0.15) is 12.5 Å². The fraction of sp³-hybridized carbons (Fsp3) is 0.222. The van der Waals surface area contributed by atoms with Crippen LogP contribution < -0.4 is 4.90 Å². The summed E-state index contributed by atoms with van der Waals surface area (Å²) >= 11 is 12.0. The maximum atomic E-state index is 12.8. The summed E-state index contributed by atoms with van der Waals surface area (Å²) in [4.78, 5) is 26.8. The second kappa shape index (κ2) is 4.83. The second-order valence-electron chi connectivity index (χ2n) is 6.24. The molecule has 2 unspecified atom stereocenters. The Balaban J connectivity index is 1.71. The molecule has 3 nitrogen and oxygen atoms in total. The molecule has 2 amide bonds. The van der Waals surface area contributed by atoms with Crippen LogP contribution in [0.5, 0.6) is 0 Å². The number of rotatable bonds is 2. The van der Waals surface area contributed by atoms with Gasteiger partial charge in [-0.3, -0.25) is 9.59 Å². The molecule has 2 aromatic carbocycles. The number of halogens is 2. The van der Waals surface area contributed by atoms with Gasteiger partial charge in [0.1, 0.15) is 0 Å². The maximum Gasteiger partial charge on any atom is 0.238 e. The predicted molar refractivity (Wildman–Crippen MR) is 89.7 cm³/mol. The summed E-state index contributed by atoms with van der Waals surface area (Å²) < 4.78 is 0. The zero-order valence-corrected chi connectivity index (χ0v) is 13.8. The first kappa shape index (κ1) is 14.7. The van der Waals surface area contributed by atoms with Gasteiger partial charge in [0.25, 0.3) is 0 Å². The lowest BCUT2D eigenvalue weighted by Crippen LogP contribution is -2.38. The van der Waals surface area contributed by atoms with E-state index in [-0.39, 0.29) is 23.7 Å². The minimum atomic E-state index is -0.408. The van der Waals surface area contributed by atoms with Crippen molar-refractivity contribution in [1.82, 2.24) is 0 Å². The summed E-state index contributed by atoms with van der Waals surface area (Å²) in [5.74, 6) is -0.973. The maximum absolute atomic E-state index is 12.8. The average molecular weight is 346 g/mol. The molecule has 0 aromatic heterocycles. The Morgan fingerprint density at radius 1 is 0.913 bits per heavy atom. The number of piperidine rings is 1. The second-order valence-corrected chi connectivity index (χ2v) is 7.12. The highest BCUT2D eigenvalue weighted by molar-refractivity contribution is 6.36. The van der Waals surface area contributed by atoms with Crippen LogP contribution in [0.15, 0.2) is 48.5 Å². The molecule has 4 rings (SSSR count). The Morgan fingerprint density at radius 3 is 1.96 bits per heavy atom. The van der Waals surface area contributed by atoms with Crippen LogP contribution >= 0.6 is 23.2 Å². The van der Waals surface area contributed by atoms with Gasteiger partial charge in [0.05, 0.1) is 17.5 Å². The molecule has 0 radical (unpaired) electrons. The number of imide groups is 1. The standard InChI is InChI=1S/C18H13Cl2NO2/c1-18(10-5-3-2-4-6-10)14-15(18)17(23)21(16(14)22)13-8-11(19)7-12(20)9-13/h2-9,14-15H,1H3/t14-,15?,18?/m0/s1. The molecular formula is C18H13Cl2NO2. The van der Waals surface area contributed by atoms with E-state index in [1.54, 1.807) is 18.2 Å². The van der Waals surface area contributed by atoms with Gasteiger partial charge >= 0.3 is 0 Å². The summed E-state index contributed by atoms with van der Waals surface area (Å²) in [5.41, 5.74) is 1.06. The summed E-state index contributed by atoms with van der Waals surface area (Å²) in [6.07, 6.45) is 0. The Morgan fingerprint density at radius 2 is 1.43 bits per heavy atom. The first-order chi connectivity index (χ1) is 10.9. The molecule has 0 N–H and O–H groups in total. The van der Waals surface area contributed by atoms with Crippen molar-refractivity contribution in [2.45, 2.75) is 12.3 Å². The van der Waals surface area contributed by atoms with Gasteiger partial charge in [0, 0.05) is 15.5 Å². The van der Waals surface area contributed by atoms with E-state index in [1.807, 2.05) is 37.3 Å². The Kier molecular flexibility index (Phi) is 3.09. The number of nitrogens with zero attached hydrogens (tertiary/aromatic N) is 1. The highest BCUT2D eigenvalue weighted by Crippen LogP contribution is 2.64. The van der Waals surface area contributed by atoms with Crippen LogP contribution in [0.4, 0.5) is 5.69 Å². The molecule has 2 aliphatic rings. The van der Waals surface area contributed by atoms with Gasteiger partial charge < -0.3 is 0 Å². The van der Waals surface area contributed by atoms with Crippen LogP contribution in [0.3, 0.4) is 0 Å². The minimum absolute atomic E-state index is 0.176. The topological polar surface area (TPSA) is 37.4 Å². The molecule has 1 heterocycles. The largest absolute Gasteiger partial charge is 0.274 e. The molecule has 0 spiro atoms. The lowest BCUT2D eigenvalue weighted by atomic mass is 9.92. The molecule has 3 atom stereocenters. The molecule has 0 bridgehead atoms. The summed E-state index contributed by atoms with van der Waals surface area (Å²) in [7, 11) is 0. The van der Waals surface area contributed by atoms with E-state index in [2.05, 4.69) is 0 Å². The van der Waals surface area contributed by atoms with Crippen LogP contribution in [-0.4, -0.2) is 11.8 Å². The number of hydrogen-bond acceptors (Lipinski definition) is 2. The van der Waals surface area contributed by atoms with Gasteiger partial charge in [-0.2, -0.15) is 0 Å². The number of fused-ring (bicyclic) bond motifs is 1. The van der Waals surface area contributed by atoms with Crippen molar-refractivity contribution in [3.8, 4) is 0 Å². The monoisotopic (exact) mass is 345 g/mol. The van der Waals surface area contributed by atoms with E-state index < -0.39 is 5.41 Å². The third-order valence-electron chi connectivity index (χ3n) is 4.99. The van der Waals surface area contributed by atoms with Crippen molar-refractivity contribution >= 4 is 40.7 Å². The zero-order chi connectivity index (χ0) is 16.4. The first-order valence-electron chi connectivity index (χ1n) is 7.34. The SMILES string of the molecule is CC1(c2ccccc2)C2C(=O)N(c3cc(Cl)cc(Cl)c3)C(=O)[C@H]21. The van der Waals surface area contributed by atoms with Gasteiger partial charge in [-0.15, -0.1) is 0 Å². The van der Waals surface area contributed by atoms with Crippen molar-refractivity contribution in [2.24, 2.45) is 11.8 Å². The summed E-state index contributed by atoms with van der Waals surface area (Å²) in [6.45, 7) is 1.98. The van der Waals surface area contributed by atoms with Crippen LogP contribution in [0, 0.1) is 11.8 Å². The molecule has 5 heteroatoms. The third-order valence-corrected chi connectivity index (χ3v) is 5.43. The van der Waals surface area contributed by atoms with Gasteiger partial charge in [0.2, 0.25) is 11.8 Å². The molecule has 1 aliphatic carbocycles. The number of carbonyl (C=O) groups excluding carboxylic acids is 2. The zero-order valence-electron chi connectivity index (χ0n) is 12.3. The lowest BCUT2D eigenvalue weighted by Gasteiger charge is -2.23. The predicted octanol–water partition coefficient (Wildman–Crippen LogP) is 4.07. The molecular weight excluding hydrogens is 333 g/mol. The fourth-order valence-electron chi connectivity index (χ4n) is 3.78. The lowest BCUT2D eigenvalue weighted by molar-refractivity contribution is -0.124. The van der Waals surface area contributed by atoms with Gasteiger partial charge in [-0.25, -0.2) is 4.90 Å². The Hall–Kier alpha value is -1.84.